The first-order valence-corrected chi connectivity index (χ1v) is 10.8. The highest BCUT2D eigenvalue weighted by Gasteiger charge is 2.25. The Morgan fingerprint density at radius 3 is 2.37 bits per heavy atom. The first-order valence-electron chi connectivity index (χ1n) is 9.40. The van der Waals surface area contributed by atoms with E-state index >= 15 is 0 Å². The molecule has 2 heterocycles. The second-order valence-electron chi connectivity index (χ2n) is 6.72. The van der Waals surface area contributed by atoms with Crippen LogP contribution in [0, 0.1) is 0 Å². The van der Waals surface area contributed by atoms with Gasteiger partial charge in [0.15, 0.2) is 0 Å². The number of benzene rings is 1. The molecule has 1 aromatic carbocycles. The zero-order chi connectivity index (χ0) is 19.1. The molecule has 2 fully saturated rings. The van der Waals surface area contributed by atoms with E-state index in [1.807, 2.05) is 0 Å². The van der Waals surface area contributed by atoms with E-state index in [4.69, 9.17) is 9.57 Å². The number of hydrogen-bond acceptors (Lipinski definition) is 6. The maximum Gasteiger partial charge on any atom is 0.274 e. The van der Waals surface area contributed by atoms with Gasteiger partial charge in [0.05, 0.1) is 24.7 Å². The summed E-state index contributed by atoms with van der Waals surface area (Å²) < 4.78 is 32.0. The topological polar surface area (TPSA) is 88.2 Å². The van der Waals surface area contributed by atoms with Crippen LogP contribution in [0.1, 0.15) is 29.6 Å². The molecule has 2 saturated heterocycles. The molecule has 27 heavy (non-hydrogen) atoms. The van der Waals surface area contributed by atoms with Crippen molar-refractivity contribution in [3.63, 3.8) is 0 Å². The molecule has 0 radical (unpaired) electrons. The van der Waals surface area contributed by atoms with Gasteiger partial charge in [-0.05, 0) is 37.1 Å². The fourth-order valence-electron chi connectivity index (χ4n) is 3.21. The van der Waals surface area contributed by atoms with Crippen molar-refractivity contribution in [1.29, 1.82) is 0 Å². The van der Waals surface area contributed by atoms with Gasteiger partial charge in [-0.15, -0.1) is 0 Å². The molecule has 0 aliphatic carbocycles. The largest absolute Gasteiger partial charge is 0.379 e. The Morgan fingerprint density at radius 2 is 1.70 bits per heavy atom. The molecule has 0 atom stereocenters. The van der Waals surface area contributed by atoms with Crippen molar-refractivity contribution >= 4 is 15.9 Å². The number of hydrogen-bond donors (Lipinski definition) is 1. The summed E-state index contributed by atoms with van der Waals surface area (Å²) in [6.45, 7) is 5.39. The average Bonchev–Trinajstić information content (AvgIpc) is 2.72. The van der Waals surface area contributed by atoms with Crippen LogP contribution in [0.4, 0.5) is 0 Å². The molecule has 0 saturated carbocycles. The predicted molar refractivity (Wildman–Crippen MR) is 99.7 cm³/mol. The lowest BCUT2D eigenvalue weighted by Gasteiger charge is -2.26. The minimum absolute atomic E-state index is 0.217. The maximum absolute atomic E-state index is 12.6. The number of amides is 1. The summed E-state index contributed by atoms with van der Waals surface area (Å²) in [4.78, 5) is 19.8. The van der Waals surface area contributed by atoms with E-state index in [9.17, 15) is 13.2 Å². The van der Waals surface area contributed by atoms with Gasteiger partial charge in [-0.1, -0.05) is 6.42 Å². The van der Waals surface area contributed by atoms with E-state index in [2.05, 4.69) is 10.4 Å². The molecule has 0 spiro atoms. The average molecular weight is 397 g/mol. The third-order valence-corrected chi connectivity index (χ3v) is 6.76. The maximum atomic E-state index is 12.6. The SMILES string of the molecule is O=C(NOCCN1CCOCC1)c1ccc(S(=O)(=O)N2CCCCC2)cc1. The molecule has 2 aliphatic rings. The third kappa shape index (κ3) is 5.49. The molecule has 0 bridgehead atoms. The van der Waals surface area contributed by atoms with E-state index in [0.29, 0.717) is 25.3 Å². The number of hydroxylamine groups is 1. The molecular weight excluding hydrogens is 370 g/mol. The van der Waals surface area contributed by atoms with Gasteiger partial charge < -0.3 is 4.74 Å². The second kappa shape index (κ2) is 9.61. The molecule has 0 aromatic heterocycles. The lowest BCUT2D eigenvalue weighted by molar-refractivity contribution is -0.00177. The number of rotatable bonds is 7. The van der Waals surface area contributed by atoms with Gasteiger partial charge in [-0.25, -0.2) is 13.9 Å². The molecule has 0 unspecified atom stereocenters. The summed E-state index contributed by atoms with van der Waals surface area (Å²) in [5.41, 5.74) is 2.76. The lowest BCUT2D eigenvalue weighted by atomic mass is 10.2. The zero-order valence-corrected chi connectivity index (χ0v) is 16.2. The Hall–Kier alpha value is -1.52. The lowest BCUT2D eigenvalue weighted by Crippen LogP contribution is -2.39. The normalized spacial score (nSPS) is 19.7. The number of carbonyl (C=O) groups is 1. The highest BCUT2D eigenvalue weighted by molar-refractivity contribution is 7.89. The molecule has 3 rings (SSSR count). The Kier molecular flexibility index (Phi) is 7.20. The summed E-state index contributed by atoms with van der Waals surface area (Å²) in [6.07, 6.45) is 2.85. The Morgan fingerprint density at radius 1 is 1.04 bits per heavy atom. The number of ether oxygens (including phenoxy) is 1. The van der Waals surface area contributed by atoms with Crippen LogP contribution in [-0.4, -0.2) is 76.1 Å². The van der Waals surface area contributed by atoms with Crippen molar-refractivity contribution in [2.45, 2.75) is 24.2 Å². The van der Waals surface area contributed by atoms with E-state index in [-0.39, 0.29) is 10.8 Å². The van der Waals surface area contributed by atoms with Crippen LogP contribution in [0.2, 0.25) is 0 Å². The van der Waals surface area contributed by atoms with Gasteiger partial charge in [0.1, 0.15) is 0 Å². The number of morpholine rings is 1. The fraction of sp³-hybridized carbons (Fsp3) is 0.611. The molecule has 8 nitrogen and oxygen atoms in total. The van der Waals surface area contributed by atoms with Gasteiger partial charge in [0, 0.05) is 38.3 Å². The first-order chi connectivity index (χ1) is 13.1. The highest BCUT2D eigenvalue weighted by Crippen LogP contribution is 2.20. The van der Waals surface area contributed by atoms with Crippen LogP contribution in [-0.2, 0) is 19.6 Å². The number of piperidine rings is 1. The first kappa shape index (κ1) is 20.2. The van der Waals surface area contributed by atoms with Crippen molar-refractivity contribution in [1.82, 2.24) is 14.7 Å². The van der Waals surface area contributed by atoms with Crippen LogP contribution in [0.25, 0.3) is 0 Å². The molecular formula is C18H27N3O5S. The van der Waals surface area contributed by atoms with E-state index in [1.165, 1.54) is 28.6 Å². The van der Waals surface area contributed by atoms with Crippen molar-refractivity contribution in [2.24, 2.45) is 0 Å². The van der Waals surface area contributed by atoms with Gasteiger partial charge in [-0.3, -0.25) is 14.5 Å². The van der Waals surface area contributed by atoms with Crippen molar-refractivity contribution < 1.29 is 22.8 Å². The molecule has 1 N–H and O–H groups in total. The number of carbonyl (C=O) groups excluding carboxylic acids is 1. The minimum Gasteiger partial charge on any atom is -0.379 e. The minimum atomic E-state index is -3.48. The van der Waals surface area contributed by atoms with Crippen LogP contribution in [0.3, 0.4) is 0 Å². The summed E-state index contributed by atoms with van der Waals surface area (Å²) in [5.74, 6) is -0.390. The third-order valence-electron chi connectivity index (χ3n) is 4.85. The highest BCUT2D eigenvalue weighted by atomic mass is 32.2. The Labute approximate surface area is 160 Å². The Balaban J connectivity index is 1.48. The van der Waals surface area contributed by atoms with Crippen LogP contribution >= 0.6 is 0 Å². The number of sulfonamides is 1. The monoisotopic (exact) mass is 397 g/mol. The van der Waals surface area contributed by atoms with Crippen LogP contribution in [0.5, 0.6) is 0 Å². The van der Waals surface area contributed by atoms with Crippen molar-refractivity contribution in [2.75, 3.05) is 52.5 Å². The van der Waals surface area contributed by atoms with Crippen molar-refractivity contribution in [3.8, 4) is 0 Å². The van der Waals surface area contributed by atoms with Crippen LogP contribution in [0.15, 0.2) is 29.2 Å². The van der Waals surface area contributed by atoms with E-state index in [0.717, 1.165) is 52.1 Å². The summed E-state index contributed by atoms with van der Waals surface area (Å²) >= 11 is 0. The zero-order valence-electron chi connectivity index (χ0n) is 15.4. The predicted octanol–water partition coefficient (Wildman–Crippen LogP) is 0.855. The van der Waals surface area contributed by atoms with E-state index < -0.39 is 10.0 Å². The summed E-state index contributed by atoms with van der Waals surface area (Å²) in [5, 5.41) is 0. The smallest absolute Gasteiger partial charge is 0.274 e. The van der Waals surface area contributed by atoms with Gasteiger partial charge >= 0.3 is 0 Å². The molecule has 9 heteroatoms. The number of nitrogens with one attached hydrogen (secondary N) is 1. The van der Waals surface area contributed by atoms with Gasteiger partial charge in [0.25, 0.3) is 5.91 Å². The fourth-order valence-corrected chi connectivity index (χ4v) is 4.72. The molecule has 2 aliphatic heterocycles. The molecule has 150 valence electrons. The number of nitrogens with zero attached hydrogens (tertiary/aromatic N) is 2. The summed E-state index contributed by atoms with van der Waals surface area (Å²) in [7, 11) is -3.48. The van der Waals surface area contributed by atoms with Gasteiger partial charge in [-0.2, -0.15) is 4.31 Å². The quantitative estimate of drug-likeness (QED) is 0.542. The van der Waals surface area contributed by atoms with Crippen LogP contribution < -0.4 is 5.48 Å². The van der Waals surface area contributed by atoms with E-state index in [1.54, 1.807) is 0 Å². The Bertz CT molecular complexity index is 711. The summed E-state index contributed by atoms with van der Waals surface area (Å²) in [6, 6.07) is 5.98. The molecule has 1 aromatic rings. The standard InChI is InChI=1S/C18H27N3O5S/c22-18(19-26-15-12-20-10-13-25-14-11-20)16-4-6-17(7-5-16)27(23,24)21-8-2-1-3-9-21/h4-7H,1-3,8-15H2,(H,19,22). The molecule has 1 amide bonds. The van der Waals surface area contributed by atoms with Gasteiger partial charge in [0.2, 0.25) is 10.0 Å². The van der Waals surface area contributed by atoms with Crippen molar-refractivity contribution in [3.05, 3.63) is 29.8 Å². The second-order valence-corrected chi connectivity index (χ2v) is 8.66.